The van der Waals surface area contributed by atoms with Crippen molar-refractivity contribution in [3.05, 3.63) is 35.4 Å². The second-order valence-electron chi connectivity index (χ2n) is 6.62. The summed E-state index contributed by atoms with van der Waals surface area (Å²) in [6.45, 7) is 12.6. The summed E-state index contributed by atoms with van der Waals surface area (Å²) in [4.78, 5) is 0. The van der Waals surface area contributed by atoms with E-state index in [1.54, 1.807) is 7.11 Å². The van der Waals surface area contributed by atoms with Gasteiger partial charge in [-0.1, -0.05) is 45.0 Å². The first kappa shape index (κ1) is 15.2. The lowest BCUT2D eigenvalue weighted by Crippen LogP contribution is -2.42. The lowest BCUT2D eigenvalue weighted by molar-refractivity contribution is 0.128. The van der Waals surface area contributed by atoms with Gasteiger partial charge in [0.2, 0.25) is 0 Å². The van der Waals surface area contributed by atoms with Crippen LogP contribution in [0.4, 0.5) is 0 Å². The molecule has 0 unspecified atom stereocenters. The van der Waals surface area contributed by atoms with Crippen LogP contribution in [0.25, 0.3) is 0 Å². The first-order valence-electron chi connectivity index (χ1n) is 6.58. The molecule has 0 amide bonds. The van der Waals surface area contributed by atoms with Gasteiger partial charge in [0.25, 0.3) is 0 Å². The lowest BCUT2D eigenvalue weighted by atomic mass is 9.87. The molecule has 1 aromatic rings. The number of hydrogen-bond acceptors (Lipinski definition) is 2. The Balaban J connectivity index is 2.60. The molecule has 0 aliphatic heterocycles. The van der Waals surface area contributed by atoms with Crippen LogP contribution in [0.1, 0.15) is 45.7 Å². The second kappa shape index (κ2) is 5.85. The molecule has 1 N–H and O–H groups in total. The summed E-state index contributed by atoms with van der Waals surface area (Å²) in [5.74, 6) is 0. The zero-order chi connectivity index (χ0) is 13.8. The first-order chi connectivity index (χ1) is 8.24. The highest BCUT2D eigenvalue weighted by atomic mass is 16.5. The lowest BCUT2D eigenvalue weighted by Gasteiger charge is -2.25. The van der Waals surface area contributed by atoms with E-state index in [0.717, 1.165) is 6.54 Å². The van der Waals surface area contributed by atoms with E-state index < -0.39 is 0 Å². The topological polar surface area (TPSA) is 21.3 Å². The van der Waals surface area contributed by atoms with Crippen molar-refractivity contribution in [2.24, 2.45) is 0 Å². The van der Waals surface area contributed by atoms with Crippen LogP contribution in [0, 0.1) is 0 Å². The van der Waals surface area contributed by atoms with Crippen molar-refractivity contribution in [1.82, 2.24) is 5.32 Å². The normalized spacial score (nSPS) is 12.8. The van der Waals surface area contributed by atoms with Gasteiger partial charge in [-0.25, -0.2) is 0 Å². The van der Waals surface area contributed by atoms with Gasteiger partial charge < -0.3 is 10.1 Å². The Morgan fingerprint density at radius 3 is 2.00 bits per heavy atom. The Kier molecular flexibility index (Phi) is 4.94. The molecule has 0 aromatic heterocycles. The van der Waals surface area contributed by atoms with Crippen LogP contribution in [0.3, 0.4) is 0 Å². The van der Waals surface area contributed by atoms with E-state index >= 15 is 0 Å². The monoisotopic (exact) mass is 249 g/mol. The van der Waals surface area contributed by atoms with Gasteiger partial charge in [0, 0.05) is 19.2 Å². The number of ether oxygens (including phenoxy) is 1. The van der Waals surface area contributed by atoms with Crippen LogP contribution in [-0.4, -0.2) is 19.3 Å². The number of nitrogens with one attached hydrogen (secondary N) is 1. The number of methoxy groups -OCH3 is 1. The molecule has 0 heterocycles. The van der Waals surface area contributed by atoms with E-state index in [-0.39, 0.29) is 11.0 Å². The second-order valence-corrected chi connectivity index (χ2v) is 6.62. The molecule has 0 aliphatic rings. The van der Waals surface area contributed by atoms with E-state index in [9.17, 15) is 0 Å². The fourth-order valence-electron chi connectivity index (χ4n) is 1.88. The van der Waals surface area contributed by atoms with Crippen molar-refractivity contribution in [3.63, 3.8) is 0 Å². The minimum absolute atomic E-state index is 0.0114. The van der Waals surface area contributed by atoms with E-state index in [1.165, 1.54) is 11.1 Å². The molecule has 18 heavy (non-hydrogen) atoms. The molecule has 0 aliphatic carbocycles. The van der Waals surface area contributed by atoms with Crippen LogP contribution in [-0.2, 0) is 16.7 Å². The molecule has 0 saturated heterocycles. The minimum atomic E-state index is 0.0114. The SMILES string of the molecule is COCC(C)(C)NCc1ccc(C(C)(C)C)cc1. The number of benzene rings is 1. The molecule has 0 atom stereocenters. The summed E-state index contributed by atoms with van der Waals surface area (Å²) in [5, 5.41) is 3.51. The van der Waals surface area contributed by atoms with Crippen molar-refractivity contribution in [2.45, 2.75) is 52.1 Å². The maximum absolute atomic E-state index is 5.20. The Labute approximate surface area is 112 Å². The largest absolute Gasteiger partial charge is 0.383 e. The number of hydrogen-bond donors (Lipinski definition) is 1. The summed E-state index contributed by atoms with van der Waals surface area (Å²) >= 11 is 0. The molecular weight excluding hydrogens is 222 g/mol. The summed E-state index contributed by atoms with van der Waals surface area (Å²) in [6, 6.07) is 8.85. The standard InChI is InChI=1S/C16H27NO/c1-15(2,3)14-9-7-13(8-10-14)11-17-16(4,5)12-18-6/h7-10,17H,11-12H2,1-6H3. The predicted molar refractivity (Wildman–Crippen MR) is 77.9 cm³/mol. The van der Waals surface area contributed by atoms with Gasteiger partial charge in [0.15, 0.2) is 0 Å². The van der Waals surface area contributed by atoms with Gasteiger partial charge in [-0.2, -0.15) is 0 Å². The quantitative estimate of drug-likeness (QED) is 0.862. The third kappa shape index (κ3) is 4.79. The highest BCUT2D eigenvalue weighted by Gasteiger charge is 2.16. The summed E-state index contributed by atoms with van der Waals surface area (Å²) < 4.78 is 5.20. The van der Waals surface area contributed by atoms with Crippen molar-refractivity contribution in [3.8, 4) is 0 Å². The molecular formula is C16H27NO. The summed E-state index contributed by atoms with van der Waals surface area (Å²) in [6.07, 6.45) is 0. The summed E-state index contributed by atoms with van der Waals surface area (Å²) in [7, 11) is 1.74. The van der Waals surface area contributed by atoms with Gasteiger partial charge in [-0.15, -0.1) is 0 Å². The van der Waals surface area contributed by atoms with Gasteiger partial charge in [-0.3, -0.25) is 0 Å². The zero-order valence-electron chi connectivity index (χ0n) is 12.6. The average molecular weight is 249 g/mol. The predicted octanol–water partition coefficient (Wildman–Crippen LogP) is 3.50. The summed E-state index contributed by atoms with van der Waals surface area (Å²) in [5.41, 5.74) is 2.92. The Bertz CT molecular complexity index is 360. The molecule has 0 radical (unpaired) electrons. The van der Waals surface area contributed by atoms with Gasteiger partial charge in [0.05, 0.1) is 6.61 Å². The van der Waals surface area contributed by atoms with Crippen LogP contribution in [0.15, 0.2) is 24.3 Å². The van der Waals surface area contributed by atoms with Crippen molar-refractivity contribution >= 4 is 0 Å². The van der Waals surface area contributed by atoms with E-state index in [2.05, 4.69) is 64.2 Å². The average Bonchev–Trinajstić information content (AvgIpc) is 2.26. The maximum Gasteiger partial charge on any atom is 0.0639 e. The van der Waals surface area contributed by atoms with Crippen LogP contribution in [0.2, 0.25) is 0 Å². The van der Waals surface area contributed by atoms with Gasteiger partial charge >= 0.3 is 0 Å². The Morgan fingerprint density at radius 1 is 1.00 bits per heavy atom. The van der Waals surface area contributed by atoms with E-state index in [0.29, 0.717) is 6.61 Å². The van der Waals surface area contributed by atoms with Crippen LogP contribution in [0.5, 0.6) is 0 Å². The van der Waals surface area contributed by atoms with E-state index in [1.807, 2.05) is 0 Å². The first-order valence-corrected chi connectivity index (χ1v) is 6.58. The molecule has 0 spiro atoms. The third-order valence-corrected chi connectivity index (χ3v) is 3.10. The highest BCUT2D eigenvalue weighted by Crippen LogP contribution is 2.22. The van der Waals surface area contributed by atoms with Crippen molar-refractivity contribution < 1.29 is 4.74 Å². The molecule has 0 bridgehead atoms. The molecule has 102 valence electrons. The smallest absolute Gasteiger partial charge is 0.0639 e. The maximum atomic E-state index is 5.20. The van der Waals surface area contributed by atoms with Gasteiger partial charge in [0.1, 0.15) is 0 Å². The molecule has 1 rings (SSSR count). The Hall–Kier alpha value is -0.860. The fourth-order valence-corrected chi connectivity index (χ4v) is 1.88. The molecule has 2 nitrogen and oxygen atoms in total. The minimum Gasteiger partial charge on any atom is -0.383 e. The fraction of sp³-hybridized carbons (Fsp3) is 0.625. The zero-order valence-corrected chi connectivity index (χ0v) is 12.6. The third-order valence-electron chi connectivity index (χ3n) is 3.10. The van der Waals surface area contributed by atoms with Gasteiger partial charge in [-0.05, 0) is 30.4 Å². The number of rotatable bonds is 5. The highest BCUT2D eigenvalue weighted by molar-refractivity contribution is 5.27. The van der Waals surface area contributed by atoms with E-state index in [4.69, 9.17) is 4.74 Å². The van der Waals surface area contributed by atoms with Crippen LogP contribution < -0.4 is 5.32 Å². The van der Waals surface area contributed by atoms with Crippen molar-refractivity contribution in [1.29, 1.82) is 0 Å². The van der Waals surface area contributed by atoms with Crippen LogP contribution >= 0.6 is 0 Å². The molecule has 0 fully saturated rings. The molecule has 2 heteroatoms. The molecule has 1 aromatic carbocycles. The molecule has 0 saturated carbocycles. The van der Waals surface area contributed by atoms with Crippen molar-refractivity contribution in [2.75, 3.05) is 13.7 Å². The Morgan fingerprint density at radius 2 is 1.56 bits per heavy atom.